The van der Waals surface area contributed by atoms with Crippen LogP contribution in [0.25, 0.3) is 33.3 Å². The Labute approximate surface area is 158 Å². The summed E-state index contributed by atoms with van der Waals surface area (Å²) in [5.41, 5.74) is 8.71. The summed E-state index contributed by atoms with van der Waals surface area (Å²) in [7, 11) is 0. The van der Waals surface area contributed by atoms with Gasteiger partial charge in [0, 0.05) is 11.1 Å². The Hall–Kier alpha value is -3.61. The van der Waals surface area contributed by atoms with Gasteiger partial charge < -0.3 is 5.73 Å². The Morgan fingerprint density at radius 1 is 0.929 bits per heavy atom. The highest BCUT2D eigenvalue weighted by atomic mass is 19.4. The second-order valence-corrected chi connectivity index (χ2v) is 6.24. The van der Waals surface area contributed by atoms with E-state index >= 15 is 0 Å². The summed E-state index contributed by atoms with van der Waals surface area (Å²) in [6.07, 6.45) is -3.82. The quantitative estimate of drug-likeness (QED) is 0.546. The van der Waals surface area contributed by atoms with Crippen LogP contribution >= 0.6 is 0 Å². The normalized spacial score (nSPS) is 11.7. The predicted molar refractivity (Wildman–Crippen MR) is 100 cm³/mol. The molecule has 140 valence electrons. The predicted octanol–water partition coefficient (Wildman–Crippen LogP) is 4.95. The van der Waals surface area contributed by atoms with Crippen LogP contribution in [0.1, 0.15) is 10.4 Å². The summed E-state index contributed by atoms with van der Waals surface area (Å²) >= 11 is 0. The number of fused-ring (bicyclic) bond motifs is 1. The molecule has 0 aliphatic heterocycles. The fourth-order valence-electron chi connectivity index (χ4n) is 3.30. The average Bonchev–Trinajstić information content (AvgIpc) is 3.11. The summed E-state index contributed by atoms with van der Waals surface area (Å²) < 4.78 is 39.4. The van der Waals surface area contributed by atoms with Gasteiger partial charge in [-0.1, -0.05) is 48.5 Å². The molecule has 4 nitrogen and oxygen atoms in total. The second kappa shape index (κ2) is 6.53. The van der Waals surface area contributed by atoms with Crippen molar-refractivity contribution in [2.45, 2.75) is 6.30 Å². The fourth-order valence-corrected chi connectivity index (χ4v) is 3.30. The SMILES string of the molecule is NC(=O)c1cccc(-c2ccccc2)c1-c1ccc2c(c1)ncn2C(F)(F)F. The number of hydrogen-bond acceptors (Lipinski definition) is 2. The maximum atomic E-state index is 13.1. The molecule has 0 aliphatic rings. The van der Waals surface area contributed by atoms with E-state index in [9.17, 15) is 18.0 Å². The van der Waals surface area contributed by atoms with Crippen molar-refractivity contribution in [3.8, 4) is 22.3 Å². The number of benzene rings is 3. The van der Waals surface area contributed by atoms with Crippen molar-refractivity contribution >= 4 is 16.9 Å². The van der Waals surface area contributed by atoms with Crippen LogP contribution in [0.5, 0.6) is 0 Å². The molecule has 0 fully saturated rings. The topological polar surface area (TPSA) is 60.9 Å². The molecule has 28 heavy (non-hydrogen) atoms. The highest BCUT2D eigenvalue weighted by Crippen LogP contribution is 2.37. The van der Waals surface area contributed by atoms with Gasteiger partial charge >= 0.3 is 6.30 Å². The molecule has 3 aromatic carbocycles. The molecule has 0 unspecified atom stereocenters. The summed E-state index contributed by atoms with van der Waals surface area (Å²) in [4.78, 5) is 15.9. The van der Waals surface area contributed by atoms with Crippen LogP contribution in [0.15, 0.2) is 73.1 Å². The van der Waals surface area contributed by atoms with Crippen molar-refractivity contribution in [2.75, 3.05) is 0 Å². The number of alkyl halides is 3. The Kier molecular flexibility index (Phi) is 4.15. The van der Waals surface area contributed by atoms with Crippen molar-refractivity contribution in [1.29, 1.82) is 0 Å². The molecule has 1 aromatic heterocycles. The zero-order valence-corrected chi connectivity index (χ0v) is 14.4. The molecule has 0 spiro atoms. The lowest BCUT2D eigenvalue weighted by Crippen LogP contribution is -2.15. The van der Waals surface area contributed by atoms with Gasteiger partial charge in [0.1, 0.15) is 6.33 Å². The van der Waals surface area contributed by atoms with E-state index in [0.29, 0.717) is 11.1 Å². The first-order valence-electron chi connectivity index (χ1n) is 8.39. The van der Waals surface area contributed by atoms with Crippen molar-refractivity contribution < 1.29 is 18.0 Å². The second-order valence-electron chi connectivity index (χ2n) is 6.24. The average molecular weight is 381 g/mol. The monoisotopic (exact) mass is 381 g/mol. The van der Waals surface area contributed by atoms with E-state index in [0.717, 1.165) is 17.5 Å². The van der Waals surface area contributed by atoms with Crippen LogP contribution in [-0.4, -0.2) is 15.5 Å². The van der Waals surface area contributed by atoms with E-state index in [1.165, 1.54) is 12.1 Å². The fraction of sp³-hybridized carbons (Fsp3) is 0.0476. The van der Waals surface area contributed by atoms with Gasteiger partial charge in [0.2, 0.25) is 5.91 Å². The highest BCUT2D eigenvalue weighted by molar-refractivity contribution is 6.04. The number of rotatable bonds is 3. The standard InChI is InChI=1S/C21H14F3N3O/c22-21(23,24)27-12-26-17-11-14(9-10-18(17)27)19-15(13-5-2-1-3-6-13)7-4-8-16(19)20(25)28/h1-12H,(H2,25,28). The minimum atomic E-state index is -4.56. The first-order valence-corrected chi connectivity index (χ1v) is 8.39. The molecule has 0 saturated carbocycles. The lowest BCUT2D eigenvalue weighted by Gasteiger charge is -2.14. The van der Waals surface area contributed by atoms with Crippen molar-refractivity contribution in [1.82, 2.24) is 9.55 Å². The van der Waals surface area contributed by atoms with Gasteiger partial charge in [0.15, 0.2) is 0 Å². The molecule has 0 saturated heterocycles. The van der Waals surface area contributed by atoms with Gasteiger partial charge in [0.25, 0.3) is 0 Å². The van der Waals surface area contributed by atoms with E-state index in [1.54, 1.807) is 18.2 Å². The Bertz CT molecular complexity index is 1180. The molecular weight excluding hydrogens is 367 g/mol. The van der Waals surface area contributed by atoms with E-state index in [-0.39, 0.29) is 21.2 Å². The van der Waals surface area contributed by atoms with Crippen LogP contribution in [0.3, 0.4) is 0 Å². The molecule has 0 atom stereocenters. The number of imidazole rings is 1. The van der Waals surface area contributed by atoms with Gasteiger partial charge in [-0.15, -0.1) is 13.2 Å². The number of carbonyl (C=O) groups is 1. The molecule has 0 bridgehead atoms. The lowest BCUT2D eigenvalue weighted by atomic mass is 9.90. The van der Waals surface area contributed by atoms with E-state index in [2.05, 4.69) is 4.98 Å². The minimum Gasteiger partial charge on any atom is -0.366 e. The Morgan fingerprint density at radius 2 is 1.68 bits per heavy atom. The van der Waals surface area contributed by atoms with Crippen LogP contribution in [0.2, 0.25) is 0 Å². The molecule has 1 heterocycles. The minimum absolute atomic E-state index is 0.0610. The molecule has 1 amide bonds. The number of nitrogens with two attached hydrogens (primary N) is 1. The first kappa shape index (κ1) is 17.8. The number of nitrogens with zero attached hydrogens (tertiary/aromatic N) is 2. The molecular formula is C21H14F3N3O. The number of hydrogen-bond donors (Lipinski definition) is 1. The smallest absolute Gasteiger partial charge is 0.366 e. The van der Waals surface area contributed by atoms with Crippen molar-refractivity contribution in [3.05, 3.63) is 78.6 Å². The Balaban J connectivity index is 1.97. The third-order valence-corrected chi connectivity index (χ3v) is 4.52. The van der Waals surface area contributed by atoms with Gasteiger partial charge in [0.05, 0.1) is 11.0 Å². The lowest BCUT2D eigenvalue weighted by molar-refractivity contribution is -0.201. The number of aromatic nitrogens is 2. The van der Waals surface area contributed by atoms with Crippen molar-refractivity contribution in [3.63, 3.8) is 0 Å². The van der Waals surface area contributed by atoms with Crippen LogP contribution < -0.4 is 5.73 Å². The van der Waals surface area contributed by atoms with Gasteiger partial charge in [-0.2, -0.15) is 0 Å². The van der Waals surface area contributed by atoms with Gasteiger partial charge in [-0.3, -0.25) is 4.79 Å². The maximum Gasteiger partial charge on any atom is 0.490 e. The summed E-state index contributed by atoms with van der Waals surface area (Å²) in [6, 6.07) is 19.0. The number of amides is 1. The molecule has 0 aliphatic carbocycles. The zero-order valence-electron chi connectivity index (χ0n) is 14.4. The van der Waals surface area contributed by atoms with Crippen molar-refractivity contribution in [2.24, 2.45) is 5.73 Å². The maximum absolute atomic E-state index is 13.1. The van der Waals surface area contributed by atoms with Gasteiger partial charge in [-0.05, 0) is 34.9 Å². The van der Waals surface area contributed by atoms with Gasteiger partial charge in [-0.25, -0.2) is 9.55 Å². The van der Waals surface area contributed by atoms with E-state index in [4.69, 9.17) is 5.73 Å². The number of primary amides is 1. The summed E-state index contributed by atoms with van der Waals surface area (Å²) in [5.74, 6) is -0.617. The van der Waals surface area contributed by atoms with Crippen LogP contribution in [0.4, 0.5) is 13.2 Å². The summed E-state index contributed by atoms with van der Waals surface area (Å²) in [6.45, 7) is 0. The first-order chi connectivity index (χ1) is 13.4. The number of halogens is 3. The Morgan fingerprint density at radius 3 is 2.36 bits per heavy atom. The largest absolute Gasteiger partial charge is 0.490 e. The molecule has 7 heteroatoms. The zero-order chi connectivity index (χ0) is 19.9. The van der Waals surface area contributed by atoms with Crippen LogP contribution in [-0.2, 0) is 6.30 Å². The molecule has 0 radical (unpaired) electrons. The third-order valence-electron chi connectivity index (χ3n) is 4.52. The summed E-state index contributed by atoms with van der Waals surface area (Å²) in [5, 5.41) is 0. The van der Waals surface area contributed by atoms with E-state index in [1.807, 2.05) is 36.4 Å². The van der Waals surface area contributed by atoms with E-state index < -0.39 is 12.2 Å². The third kappa shape index (κ3) is 3.00. The number of carbonyl (C=O) groups excluding carboxylic acids is 1. The molecule has 2 N–H and O–H groups in total. The molecule has 4 aromatic rings. The van der Waals surface area contributed by atoms with Crippen LogP contribution in [0, 0.1) is 0 Å². The highest BCUT2D eigenvalue weighted by Gasteiger charge is 2.32. The molecule has 4 rings (SSSR count).